The second-order valence-corrected chi connectivity index (χ2v) is 7.99. The number of carbonyl (C=O) groups excluding carboxylic acids is 1. The van der Waals surface area contributed by atoms with Gasteiger partial charge >= 0.3 is 0 Å². The van der Waals surface area contributed by atoms with Crippen LogP contribution in [0.4, 0.5) is 22.7 Å². The molecule has 0 bridgehead atoms. The highest BCUT2D eigenvalue weighted by molar-refractivity contribution is 6.06. The van der Waals surface area contributed by atoms with Crippen LogP contribution in [0.1, 0.15) is 10.4 Å². The van der Waals surface area contributed by atoms with Gasteiger partial charge in [-0.15, -0.1) is 0 Å². The summed E-state index contributed by atoms with van der Waals surface area (Å²) in [5, 5.41) is 25.6. The fraction of sp³-hybridized carbons (Fsp3) is 0.167. The van der Waals surface area contributed by atoms with Crippen molar-refractivity contribution in [2.75, 3.05) is 36.5 Å². The summed E-state index contributed by atoms with van der Waals surface area (Å²) in [6.07, 6.45) is 0. The molecule has 3 aromatic carbocycles. The first kappa shape index (κ1) is 22.9. The number of oxazole rings is 1. The van der Waals surface area contributed by atoms with E-state index in [1.807, 2.05) is 4.90 Å². The van der Waals surface area contributed by atoms with E-state index in [0.717, 1.165) is 0 Å². The van der Waals surface area contributed by atoms with Gasteiger partial charge in [-0.2, -0.15) is 0 Å². The summed E-state index contributed by atoms with van der Waals surface area (Å²) in [4.78, 5) is 41.0. The van der Waals surface area contributed by atoms with Gasteiger partial charge in [0.15, 0.2) is 5.58 Å². The van der Waals surface area contributed by atoms with E-state index in [1.54, 1.807) is 30.3 Å². The number of aromatic nitrogens is 1. The summed E-state index contributed by atoms with van der Waals surface area (Å²) in [5.41, 5.74) is 1.72. The third-order valence-electron chi connectivity index (χ3n) is 5.77. The zero-order chi connectivity index (χ0) is 25.2. The highest BCUT2D eigenvalue weighted by atomic mass is 16.6. The number of hydrogen-bond acceptors (Lipinski definition) is 9. The smallest absolute Gasteiger partial charge is 0.293 e. The highest BCUT2D eigenvalue weighted by Gasteiger charge is 2.24. The molecule has 5 rings (SSSR count). The summed E-state index contributed by atoms with van der Waals surface area (Å²) >= 11 is 0. The number of nitro groups is 2. The Hall–Kier alpha value is -4.84. The minimum atomic E-state index is -0.550. The van der Waals surface area contributed by atoms with Crippen molar-refractivity contribution in [2.45, 2.75) is 0 Å². The molecular formula is C24H19N5O7. The average molecular weight is 489 g/mol. The van der Waals surface area contributed by atoms with Crippen molar-refractivity contribution in [3.8, 4) is 11.5 Å². The minimum absolute atomic E-state index is 0.113. The van der Waals surface area contributed by atoms with E-state index in [4.69, 9.17) is 9.15 Å². The molecule has 1 aliphatic rings. The number of benzene rings is 3. The molecule has 1 saturated heterocycles. The number of non-ortho nitro benzene ring substituents is 1. The quantitative estimate of drug-likeness (QED) is 0.306. The molecule has 0 aliphatic carbocycles. The van der Waals surface area contributed by atoms with Gasteiger partial charge in [-0.1, -0.05) is 12.1 Å². The molecule has 2 heterocycles. The largest absolute Gasteiger partial charge is 0.436 e. The van der Waals surface area contributed by atoms with Crippen LogP contribution in [0, 0.1) is 20.2 Å². The van der Waals surface area contributed by atoms with E-state index in [-0.39, 0.29) is 22.8 Å². The second kappa shape index (κ2) is 9.43. The molecule has 0 atom stereocenters. The predicted molar refractivity (Wildman–Crippen MR) is 130 cm³/mol. The van der Waals surface area contributed by atoms with Crippen LogP contribution in [0.15, 0.2) is 65.1 Å². The van der Waals surface area contributed by atoms with Crippen LogP contribution in [-0.4, -0.2) is 47.0 Å². The fourth-order valence-electron chi connectivity index (χ4n) is 4.00. The van der Waals surface area contributed by atoms with E-state index in [0.29, 0.717) is 54.3 Å². The van der Waals surface area contributed by atoms with Crippen molar-refractivity contribution in [2.24, 2.45) is 0 Å². The lowest BCUT2D eigenvalue weighted by Crippen LogP contribution is -2.36. The van der Waals surface area contributed by atoms with Crippen molar-refractivity contribution in [3.63, 3.8) is 0 Å². The van der Waals surface area contributed by atoms with Gasteiger partial charge < -0.3 is 19.4 Å². The maximum Gasteiger partial charge on any atom is 0.293 e. The molecule has 12 heteroatoms. The number of morpholine rings is 1. The number of fused-ring (bicyclic) bond motifs is 1. The van der Waals surface area contributed by atoms with Crippen molar-refractivity contribution in [1.82, 2.24) is 4.98 Å². The van der Waals surface area contributed by atoms with E-state index in [1.165, 1.54) is 30.3 Å². The summed E-state index contributed by atoms with van der Waals surface area (Å²) in [5.74, 6) is -0.388. The Balaban J connectivity index is 1.44. The topological polar surface area (TPSA) is 154 Å². The molecule has 1 aromatic heterocycles. The van der Waals surface area contributed by atoms with Gasteiger partial charge in [0.2, 0.25) is 5.89 Å². The van der Waals surface area contributed by atoms with Gasteiger partial charge in [-0.25, -0.2) is 4.98 Å². The fourth-order valence-corrected chi connectivity index (χ4v) is 4.00. The molecule has 182 valence electrons. The zero-order valence-corrected chi connectivity index (χ0v) is 18.7. The van der Waals surface area contributed by atoms with E-state index in [9.17, 15) is 25.0 Å². The molecule has 1 fully saturated rings. The summed E-state index contributed by atoms with van der Waals surface area (Å²) in [6.45, 7) is 1.99. The number of hydrogen-bond donors (Lipinski definition) is 1. The third-order valence-corrected chi connectivity index (χ3v) is 5.77. The zero-order valence-electron chi connectivity index (χ0n) is 18.7. The van der Waals surface area contributed by atoms with Crippen LogP contribution in [-0.2, 0) is 4.74 Å². The van der Waals surface area contributed by atoms with Gasteiger partial charge in [0.25, 0.3) is 17.3 Å². The third kappa shape index (κ3) is 4.44. The standard InChI is InChI=1S/C24H19N5O7/c30-23(15-5-7-20(21(13-15)29(33)34)27-9-11-35-12-10-27)25-18-4-2-1-3-17(18)24-26-19-14-16(28(31)32)6-8-22(19)36-24/h1-8,13-14H,9-12H2,(H,25,30). The van der Waals surface area contributed by atoms with Gasteiger partial charge in [-0.05, 0) is 30.3 Å². The molecule has 4 aromatic rings. The number of para-hydroxylation sites is 1. The molecule has 0 saturated carbocycles. The number of amides is 1. The first-order valence-electron chi connectivity index (χ1n) is 11.0. The van der Waals surface area contributed by atoms with Gasteiger partial charge in [0.1, 0.15) is 11.2 Å². The molecule has 12 nitrogen and oxygen atoms in total. The maximum atomic E-state index is 13.1. The first-order valence-corrected chi connectivity index (χ1v) is 11.0. The Morgan fingerprint density at radius 3 is 2.50 bits per heavy atom. The van der Waals surface area contributed by atoms with Crippen LogP contribution < -0.4 is 10.2 Å². The normalized spacial score (nSPS) is 13.5. The number of carbonyl (C=O) groups is 1. The van der Waals surface area contributed by atoms with Crippen LogP contribution in [0.5, 0.6) is 0 Å². The average Bonchev–Trinajstić information content (AvgIpc) is 3.32. The van der Waals surface area contributed by atoms with E-state index in [2.05, 4.69) is 10.3 Å². The predicted octanol–water partition coefficient (Wildman–Crippen LogP) is 4.40. The maximum absolute atomic E-state index is 13.1. The Bertz CT molecular complexity index is 1490. The SMILES string of the molecule is O=C(Nc1ccccc1-c1nc2cc([N+](=O)[O-])ccc2o1)c1ccc(N2CCOCC2)c([N+](=O)[O-])c1. The Labute approximate surface area is 203 Å². The lowest BCUT2D eigenvalue weighted by atomic mass is 10.1. The Morgan fingerprint density at radius 1 is 0.972 bits per heavy atom. The number of ether oxygens (including phenoxy) is 1. The molecule has 36 heavy (non-hydrogen) atoms. The van der Waals surface area contributed by atoms with Gasteiger partial charge in [0.05, 0.1) is 34.3 Å². The molecule has 1 amide bonds. The molecule has 1 aliphatic heterocycles. The molecular weight excluding hydrogens is 470 g/mol. The van der Waals surface area contributed by atoms with E-state index >= 15 is 0 Å². The van der Waals surface area contributed by atoms with Crippen molar-refractivity contribution >= 4 is 39.8 Å². The second-order valence-electron chi connectivity index (χ2n) is 7.99. The van der Waals surface area contributed by atoms with Gasteiger partial charge in [0, 0.05) is 36.9 Å². The van der Waals surface area contributed by atoms with Crippen molar-refractivity contribution in [1.29, 1.82) is 0 Å². The Kier molecular flexibility index (Phi) is 6.00. The van der Waals surface area contributed by atoms with Crippen LogP contribution in [0.3, 0.4) is 0 Å². The first-order chi connectivity index (χ1) is 17.4. The number of rotatable bonds is 6. The lowest BCUT2D eigenvalue weighted by Gasteiger charge is -2.28. The number of nitrogens with one attached hydrogen (secondary N) is 1. The lowest BCUT2D eigenvalue weighted by molar-refractivity contribution is -0.384. The van der Waals surface area contributed by atoms with Crippen molar-refractivity contribution in [3.05, 3.63) is 86.5 Å². The highest BCUT2D eigenvalue weighted by Crippen LogP contribution is 2.33. The number of nitro benzene ring substituents is 2. The number of anilines is 2. The summed E-state index contributed by atoms with van der Waals surface area (Å²) in [7, 11) is 0. The minimum Gasteiger partial charge on any atom is -0.436 e. The summed E-state index contributed by atoms with van der Waals surface area (Å²) in [6, 6.07) is 15.2. The molecule has 0 spiro atoms. The monoisotopic (exact) mass is 489 g/mol. The van der Waals surface area contributed by atoms with Gasteiger partial charge in [-0.3, -0.25) is 25.0 Å². The van der Waals surface area contributed by atoms with Crippen molar-refractivity contribution < 1.29 is 23.8 Å². The van der Waals surface area contributed by atoms with Crippen LogP contribution in [0.2, 0.25) is 0 Å². The molecule has 0 radical (unpaired) electrons. The summed E-state index contributed by atoms with van der Waals surface area (Å²) < 4.78 is 11.1. The van der Waals surface area contributed by atoms with Crippen LogP contribution in [0.25, 0.3) is 22.6 Å². The van der Waals surface area contributed by atoms with Crippen LogP contribution >= 0.6 is 0 Å². The number of nitrogens with zero attached hydrogens (tertiary/aromatic N) is 4. The molecule has 1 N–H and O–H groups in total. The Morgan fingerprint density at radius 2 is 1.75 bits per heavy atom. The van der Waals surface area contributed by atoms with E-state index < -0.39 is 15.8 Å². The molecule has 0 unspecified atom stereocenters.